The molecule has 0 atom stereocenters. The van der Waals surface area contributed by atoms with Crippen molar-refractivity contribution in [3.63, 3.8) is 0 Å². The Morgan fingerprint density at radius 3 is 2.69 bits per heavy atom. The molecule has 0 aliphatic carbocycles. The van der Waals surface area contributed by atoms with Crippen LogP contribution in [0.5, 0.6) is 0 Å². The summed E-state index contributed by atoms with van der Waals surface area (Å²) in [6, 6.07) is 9.96. The summed E-state index contributed by atoms with van der Waals surface area (Å²) in [5.74, 6) is 3.00. The van der Waals surface area contributed by atoms with Crippen LogP contribution in [0.4, 0.5) is 0 Å². The molecule has 0 unspecified atom stereocenters. The van der Waals surface area contributed by atoms with Crippen molar-refractivity contribution in [1.29, 1.82) is 0 Å². The fraction of sp³-hybridized carbons (Fsp3) is 0.154. The van der Waals surface area contributed by atoms with Gasteiger partial charge in [0.1, 0.15) is 6.54 Å². The Morgan fingerprint density at radius 1 is 1.31 bits per heavy atom. The molecule has 0 aliphatic heterocycles. The van der Waals surface area contributed by atoms with Gasteiger partial charge < -0.3 is 0 Å². The molecule has 1 heterocycles. The summed E-state index contributed by atoms with van der Waals surface area (Å²) in [5, 5.41) is 4.43. The average molecular weight is 231 g/mol. The van der Waals surface area contributed by atoms with E-state index in [2.05, 4.69) is 11.0 Å². The van der Waals surface area contributed by atoms with Crippen LogP contribution >= 0.6 is 11.6 Å². The summed E-state index contributed by atoms with van der Waals surface area (Å²) in [6.45, 7) is 0.469. The minimum Gasteiger partial charge on any atom is -0.260 e. The third-order valence-electron chi connectivity index (χ3n) is 2.28. The van der Waals surface area contributed by atoms with Gasteiger partial charge in [-0.3, -0.25) is 4.68 Å². The van der Waals surface area contributed by atoms with Crippen molar-refractivity contribution in [3.05, 3.63) is 42.1 Å². The highest BCUT2D eigenvalue weighted by molar-refractivity contribution is 6.17. The van der Waals surface area contributed by atoms with E-state index in [1.807, 2.05) is 36.5 Å². The SMILES string of the molecule is C#CCn1cc(CCl)c(-c2ccccc2)n1. The molecular formula is C13H11ClN2. The zero-order valence-electron chi connectivity index (χ0n) is 8.73. The Bertz CT molecular complexity index is 508. The van der Waals surface area contributed by atoms with Crippen molar-refractivity contribution < 1.29 is 0 Å². The number of benzene rings is 1. The van der Waals surface area contributed by atoms with Gasteiger partial charge in [0.15, 0.2) is 0 Å². The Balaban J connectivity index is 2.44. The van der Waals surface area contributed by atoms with Gasteiger partial charge in [0.2, 0.25) is 0 Å². The van der Waals surface area contributed by atoms with Gasteiger partial charge in [-0.05, 0) is 0 Å². The van der Waals surface area contributed by atoms with Crippen molar-refractivity contribution >= 4 is 11.6 Å². The van der Waals surface area contributed by atoms with Crippen LogP contribution in [0.1, 0.15) is 5.56 Å². The van der Waals surface area contributed by atoms with E-state index in [0.29, 0.717) is 12.4 Å². The van der Waals surface area contributed by atoms with Crippen LogP contribution in [0.3, 0.4) is 0 Å². The van der Waals surface area contributed by atoms with E-state index in [0.717, 1.165) is 16.8 Å². The molecule has 2 aromatic rings. The number of aromatic nitrogens is 2. The largest absolute Gasteiger partial charge is 0.260 e. The van der Waals surface area contributed by atoms with Gasteiger partial charge in [-0.1, -0.05) is 36.3 Å². The minimum absolute atomic E-state index is 0.439. The first-order valence-electron chi connectivity index (χ1n) is 4.96. The van der Waals surface area contributed by atoms with Gasteiger partial charge in [-0.25, -0.2) is 0 Å². The molecule has 0 fully saturated rings. The second-order valence-corrected chi connectivity index (χ2v) is 3.67. The van der Waals surface area contributed by atoms with E-state index in [-0.39, 0.29) is 0 Å². The predicted molar refractivity (Wildman–Crippen MR) is 66.1 cm³/mol. The molecular weight excluding hydrogens is 220 g/mol. The van der Waals surface area contributed by atoms with E-state index in [4.69, 9.17) is 18.0 Å². The van der Waals surface area contributed by atoms with E-state index < -0.39 is 0 Å². The number of rotatable bonds is 3. The Morgan fingerprint density at radius 2 is 2.06 bits per heavy atom. The van der Waals surface area contributed by atoms with Crippen molar-refractivity contribution in [3.8, 4) is 23.6 Å². The summed E-state index contributed by atoms with van der Waals surface area (Å²) in [4.78, 5) is 0. The Kier molecular flexibility index (Phi) is 3.28. The van der Waals surface area contributed by atoms with E-state index in [9.17, 15) is 0 Å². The fourth-order valence-corrected chi connectivity index (χ4v) is 1.77. The van der Waals surface area contributed by atoms with Crippen LogP contribution in [0.25, 0.3) is 11.3 Å². The molecule has 2 rings (SSSR count). The first-order chi connectivity index (χ1) is 7.85. The fourth-order valence-electron chi connectivity index (χ4n) is 1.57. The van der Waals surface area contributed by atoms with Crippen LogP contribution in [-0.4, -0.2) is 9.78 Å². The van der Waals surface area contributed by atoms with Gasteiger partial charge in [-0.15, -0.1) is 18.0 Å². The first-order valence-corrected chi connectivity index (χ1v) is 5.49. The summed E-state index contributed by atoms with van der Waals surface area (Å²) >= 11 is 5.89. The quantitative estimate of drug-likeness (QED) is 0.586. The smallest absolute Gasteiger partial charge is 0.101 e. The zero-order chi connectivity index (χ0) is 11.4. The molecule has 1 aromatic heterocycles. The highest BCUT2D eigenvalue weighted by atomic mass is 35.5. The Labute approximate surface area is 99.9 Å². The highest BCUT2D eigenvalue weighted by Crippen LogP contribution is 2.22. The van der Waals surface area contributed by atoms with Crippen molar-refractivity contribution in [2.75, 3.05) is 0 Å². The first kappa shape index (κ1) is 10.8. The summed E-state index contributed by atoms with van der Waals surface area (Å²) in [7, 11) is 0. The van der Waals surface area contributed by atoms with E-state index in [1.54, 1.807) is 4.68 Å². The summed E-state index contributed by atoms with van der Waals surface area (Å²) in [6.07, 6.45) is 7.15. The molecule has 0 saturated heterocycles. The molecule has 16 heavy (non-hydrogen) atoms. The maximum atomic E-state index is 5.89. The lowest BCUT2D eigenvalue weighted by atomic mass is 10.1. The van der Waals surface area contributed by atoms with Crippen LogP contribution in [-0.2, 0) is 12.4 Å². The van der Waals surface area contributed by atoms with Crippen LogP contribution in [0.2, 0.25) is 0 Å². The third kappa shape index (κ3) is 2.10. The van der Waals surface area contributed by atoms with Crippen LogP contribution in [0, 0.1) is 12.3 Å². The molecule has 0 bridgehead atoms. The van der Waals surface area contributed by atoms with Crippen molar-refractivity contribution in [2.24, 2.45) is 0 Å². The molecule has 1 aromatic carbocycles. The normalized spacial score (nSPS) is 10.0. The number of hydrogen-bond acceptors (Lipinski definition) is 1. The van der Waals surface area contributed by atoms with Gasteiger partial charge in [0.05, 0.1) is 11.6 Å². The minimum atomic E-state index is 0.439. The molecule has 0 radical (unpaired) electrons. The lowest BCUT2D eigenvalue weighted by molar-refractivity contribution is 0.718. The molecule has 3 heteroatoms. The predicted octanol–water partition coefficient (Wildman–Crippen LogP) is 2.92. The van der Waals surface area contributed by atoms with Crippen LogP contribution in [0.15, 0.2) is 36.5 Å². The molecule has 2 nitrogen and oxygen atoms in total. The molecule has 0 spiro atoms. The van der Waals surface area contributed by atoms with Gasteiger partial charge in [-0.2, -0.15) is 5.10 Å². The van der Waals surface area contributed by atoms with Crippen LogP contribution < -0.4 is 0 Å². The molecule has 80 valence electrons. The number of terminal acetylenes is 1. The summed E-state index contributed by atoms with van der Waals surface area (Å²) in [5.41, 5.74) is 2.97. The van der Waals surface area contributed by atoms with Gasteiger partial charge >= 0.3 is 0 Å². The number of hydrogen-bond donors (Lipinski definition) is 0. The molecule has 0 N–H and O–H groups in total. The van der Waals surface area contributed by atoms with E-state index in [1.165, 1.54) is 0 Å². The number of alkyl halides is 1. The second kappa shape index (κ2) is 4.87. The van der Waals surface area contributed by atoms with Gasteiger partial charge in [0.25, 0.3) is 0 Å². The lowest BCUT2D eigenvalue weighted by Crippen LogP contribution is -1.95. The monoisotopic (exact) mass is 230 g/mol. The van der Waals surface area contributed by atoms with Crippen molar-refractivity contribution in [1.82, 2.24) is 9.78 Å². The maximum Gasteiger partial charge on any atom is 0.101 e. The van der Waals surface area contributed by atoms with Gasteiger partial charge in [0, 0.05) is 17.3 Å². The maximum absolute atomic E-state index is 5.89. The molecule has 0 aliphatic rings. The average Bonchev–Trinajstić information content (AvgIpc) is 2.74. The second-order valence-electron chi connectivity index (χ2n) is 3.40. The highest BCUT2D eigenvalue weighted by Gasteiger charge is 2.09. The standard InChI is InChI=1S/C13H11ClN2/c1-2-8-16-10-12(9-14)13(15-16)11-6-4-3-5-7-11/h1,3-7,10H,8-9H2. The third-order valence-corrected chi connectivity index (χ3v) is 2.57. The van der Waals surface area contributed by atoms with E-state index >= 15 is 0 Å². The zero-order valence-corrected chi connectivity index (χ0v) is 9.48. The number of halogens is 1. The summed E-state index contributed by atoms with van der Waals surface area (Å²) < 4.78 is 1.74. The lowest BCUT2D eigenvalue weighted by Gasteiger charge is -1.98. The Hall–Kier alpha value is -1.72. The molecule has 0 amide bonds. The number of nitrogens with zero attached hydrogens (tertiary/aromatic N) is 2. The van der Waals surface area contributed by atoms with Crippen molar-refractivity contribution in [2.45, 2.75) is 12.4 Å². The molecule has 0 saturated carbocycles. The topological polar surface area (TPSA) is 17.8 Å².